The van der Waals surface area contributed by atoms with Crippen LogP contribution in [0.4, 0.5) is 4.79 Å². The van der Waals surface area contributed by atoms with Crippen molar-refractivity contribution in [2.45, 2.75) is 38.3 Å². The summed E-state index contributed by atoms with van der Waals surface area (Å²) in [4.78, 5) is 13.4. The van der Waals surface area contributed by atoms with Gasteiger partial charge in [0.15, 0.2) is 0 Å². The molecule has 6 nitrogen and oxygen atoms in total. The first kappa shape index (κ1) is 20.3. The monoisotopic (exact) mass is 362 g/mol. The van der Waals surface area contributed by atoms with E-state index in [4.69, 9.17) is 9.47 Å². The van der Waals surface area contributed by atoms with Gasteiger partial charge in [-0.05, 0) is 37.8 Å². The summed E-state index contributed by atoms with van der Waals surface area (Å²) in [6.45, 7) is 8.03. The lowest BCUT2D eigenvalue weighted by Gasteiger charge is -2.32. The zero-order valence-electron chi connectivity index (χ0n) is 15.5. The number of amides is 1. The van der Waals surface area contributed by atoms with Crippen LogP contribution in [-0.4, -0.2) is 61.1 Å². The van der Waals surface area contributed by atoms with Crippen LogP contribution in [0, 0.1) is 0 Å². The summed E-state index contributed by atoms with van der Waals surface area (Å²) in [7, 11) is 0. The fourth-order valence-corrected chi connectivity index (χ4v) is 3.00. The Balaban J connectivity index is 1.67. The van der Waals surface area contributed by atoms with Gasteiger partial charge in [-0.1, -0.05) is 24.3 Å². The van der Waals surface area contributed by atoms with E-state index in [9.17, 15) is 9.90 Å². The molecule has 1 atom stereocenters. The van der Waals surface area contributed by atoms with E-state index in [0.29, 0.717) is 32.3 Å². The Morgan fingerprint density at radius 2 is 2.15 bits per heavy atom. The third kappa shape index (κ3) is 6.35. The number of para-hydroxylation sites is 1. The fraction of sp³-hybridized carbons (Fsp3) is 0.550. The average molecular weight is 362 g/mol. The lowest BCUT2D eigenvalue weighted by atomic mass is 10.1. The number of hydrogen-bond acceptors (Lipinski definition) is 5. The van der Waals surface area contributed by atoms with Gasteiger partial charge >= 0.3 is 6.09 Å². The number of piperidine rings is 1. The Hall–Kier alpha value is -2.05. The van der Waals surface area contributed by atoms with Crippen LogP contribution in [0.25, 0.3) is 0 Å². The van der Waals surface area contributed by atoms with Crippen molar-refractivity contribution in [3.63, 3.8) is 0 Å². The molecular weight excluding hydrogens is 332 g/mol. The number of allylic oxidation sites excluding steroid dienone is 1. The van der Waals surface area contributed by atoms with E-state index in [1.807, 2.05) is 37.3 Å². The van der Waals surface area contributed by atoms with E-state index in [0.717, 1.165) is 30.6 Å². The maximum absolute atomic E-state index is 11.7. The highest BCUT2D eigenvalue weighted by molar-refractivity contribution is 5.67. The predicted octanol–water partition coefficient (Wildman–Crippen LogP) is 2.37. The minimum atomic E-state index is -0.588. The highest BCUT2D eigenvalue weighted by atomic mass is 16.6. The summed E-state index contributed by atoms with van der Waals surface area (Å²) >= 11 is 0. The quantitative estimate of drug-likeness (QED) is 0.660. The molecule has 0 saturated carbocycles. The Labute approximate surface area is 155 Å². The maximum atomic E-state index is 11.7. The summed E-state index contributed by atoms with van der Waals surface area (Å²) < 4.78 is 10.8. The maximum Gasteiger partial charge on any atom is 0.409 e. The molecule has 26 heavy (non-hydrogen) atoms. The van der Waals surface area contributed by atoms with E-state index in [1.54, 1.807) is 4.90 Å². The number of carbonyl (C=O) groups is 1. The lowest BCUT2D eigenvalue weighted by Crippen LogP contribution is -2.47. The molecule has 1 aliphatic rings. The van der Waals surface area contributed by atoms with Crippen molar-refractivity contribution in [2.24, 2.45) is 0 Å². The van der Waals surface area contributed by atoms with E-state index < -0.39 is 6.10 Å². The third-order valence-corrected chi connectivity index (χ3v) is 4.43. The number of aliphatic hydroxyl groups is 1. The van der Waals surface area contributed by atoms with Crippen molar-refractivity contribution < 1.29 is 19.4 Å². The largest absolute Gasteiger partial charge is 0.491 e. The number of nitrogens with one attached hydrogen (secondary N) is 1. The van der Waals surface area contributed by atoms with E-state index in [2.05, 4.69) is 11.9 Å². The molecular formula is C20H30N2O4. The molecule has 1 aliphatic heterocycles. The van der Waals surface area contributed by atoms with E-state index in [-0.39, 0.29) is 12.7 Å². The van der Waals surface area contributed by atoms with Gasteiger partial charge < -0.3 is 24.8 Å². The van der Waals surface area contributed by atoms with Crippen LogP contribution in [0.5, 0.6) is 5.75 Å². The van der Waals surface area contributed by atoms with Crippen LogP contribution < -0.4 is 10.1 Å². The molecule has 6 heteroatoms. The van der Waals surface area contributed by atoms with Crippen molar-refractivity contribution >= 4 is 6.09 Å². The summed E-state index contributed by atoms with van der Waals surface area (Å²) in [5.74, 6) is 0.786. The van der Waals surface area contributed by atoms with Gasteiger partial charge in [-0.15, -0.1) is 6.58 Å². The number of likely N-dealkylation sites (tertiary alicyclic amines) is 1. The van der Waals surface area contributed by atoms with Gasteiger partial charge in [-0.3, -0.25) is 0 Å². The van der Waals surface area contributed by atoms with Crippen molar-refractivity contribution in [3.05, 3.63) is 42.5 Å². The average Bonchev–Trinajstić information content (AvgIpc) is 2.66. The van der Waals surface area contributed by atoms with E-state index >= 15 is 0 Å². The number of hydrogen-bond donors (Lipinski definition) is 2. The van der Waals surface area contributed by atoms with Gasteiger partial charge in [0, 0.05) is 25.7 Å². The molecule has 0 radical (unpaired) electrons. The van der Waals surface area contributed by atoms with Crippen LogP contribution in [-0.2, 0) is 11.2 Å². The molecule has 1 saturated heterocycles. The van der Waals surface area contributed by atoms with Crippen LogP contribution in [0.3, 0.4) is 0 Å². The van der Waals surface area contributed by atoms with Gasteiger partial charge in [-0.25, -0.2) is 4.79 Å². The number of nitrogens with zero attached hydrogens (tertiary/aromatic N) is 1. The van der Waals surface area contributed by atoms with Crippen molar-refractivity contribution in [2.75, 3.05) is 32.8 Å². The van der Waals surface area contributed by atoms with Crippen LogP contribution in [0.15, 0.2) is 36.9 Å². The SMILES string of the molecule is C=CCc1ccccc1OCC(O)CNC1CCN(C(=O)OCC)CC1. The van der Waals surface area contributed by atoms with Crippen molar-refractivity contribution in [1.29, 1.82) is 0 Å². The summed E-state index contributed by atoms with van der Waals surface area (Å²) in [5.41, 5.74) is 1.06. The molecule has 0 aromatic heterocycles. The molecule has 0 spiro atoms. The van der Waals surface area contributed by atoms with Gasteiger partial charge in [0.1, 0.15) is 18.5 Å². The second-order valence-electron chi connectivity index (χ2n) is 6.43. The second-order valence-corrected chi connectivity index (χ2v) is 6.43. The molecule has 1 heterocycles. The van der Waals surface area contributed by atoms with Gasteiger partial charge in [0.05, 0.1) is 6.61 Å². The number of carbonyl (C=O) groups excluding carboxylic acids is 1. The van der Waals surface area contributed by atoms with E-state index in [1.165, 1.54) is 0 Å². The molecule has 2 N–H and O–H groups in total. The molecule has 1 aromatic carbocycles. The summed E-state index contributed by atoms with van der Waals surface area (Å²) in [6, 6.07) is 8.09. The molecule has 0 aliphatic carbocycles. The zero-order chi connectivity index (χ0) is 18.8. The van der Waals surface area contributed by atoms with Gasteiger partial charge in [0.2, 0.25) is 0 Å². The smallest absolute Gasteiger partial charge is 0.409 e. The third-order valence-electron chi connectivity index (χ3n) is 4.43. The highest BCUT2D eigenvalue weighted by Crippen LogP contribution is 2.19. The first-order valence-electron chi connectivity index (χ1n) is 9.28. The summed E-state index contributed by atoms with van der Waals surface area (Å²) in [6.07, 6.45) is 3.46. The Kier molecular flexibility index (Phi) is 8.44. The normalized spacial score (nSPS) is 16.2. The van der Waals surface area contributed by atoms with Gasteiger partial charge in [-0.2, -0.15) is 0 Å². The summed E-state index contributed by atoms with van der Waals surface area (Å²) in [5, 5.41) is 13.5. The Morgan fingerprint density at radius 1 is 1.42 bits per heavy atom. The molecule has 1 fully saturated rings. The molecule has 0 bridgehead atoms. The number of benzene rings is 1. The first-order valence-corrected chi connectivity index (χ1v) is 9.28. The highest BCUT2D eigenvalue weighted by Gasteiger charge is 2.23. The van der Waals surface area contributed by atoms with Crippen molar-refractivity contribution in [3.8, 4) is 5.75 Å². The predicted molar refractivity (Wildman–Crippen MR) is 101 cm³/mol. The minimum absolute atomic E-state index is 0.238. The van der Waals surface area contributed by atoms with Crippen LogP contribution in [0.1, 0.15) is 25.3 Å². The lowest BCUT2D eigenvalue weighted by molar-refractivity contribution is 0.0858. The van der Waals surface area contributed by atoms with Gasteiger partial charge in [0.25, 0.3) is 0 Å². The van der Waals surface area contributed by atoms with Crippen LogP contribution >= 0.6 is 0 Å². The number of rotatable bonds is 9. The molecule has 1 aromatic rings. The standard InChI is InChI=1S/C20H30N2O4/c1-3-7-16-8-5-6-9-19(16)26-15-18(23)14-21-17-10-12-22(13-11-17)20(24)25-4-2/h3,5-6,8-9,17-18,21,23H,1,4,7,10-15H2,2H3. The van der Waals surface area contributed by atoms with Crippen LogP contribution in [0.2, 0.25) is 0 Å². The molecule has 1 amide bonds. The van der Waals surface area contributed by atoms with Crippen molar-refractivity contribution in [1.82, 2.24) is 10.2 Å². The molecule has 144 valence electrons. The molecule has 1 unspecified atom stereocenters. The fourth-order valence-electron chi connectivity index (χ4n) is 3.00. The zero-order valence-corrected chi connectivity index (χ0v) is 15.5. The number of aliphatic hydroxyl groups excluding tert-OH is 1. The number of ether oxygens (including phenoxy) is 2. The topological polar surface area (TPSA) is 71.0 Å². The molecule has 2 rings (SSSR count). The second kappa shape index (κ2) is 10.8. The Bertz CT molecular complexity index is 571. The Morgan fingerprint density at radius 3 is 2.85 bits per heavy atom. The first-order chi connectivity index (χ1) is 12.6. The minimum Gasteiger partial charge on any atom is -0.491 e.